The number of hydrogen-bond acceptors (Lipinski definition) is 3. The van der Waals surface area contributed by atoms with E-state index in [1.807, 2.05) is 13.0 Å². The van der Waals surface area contributed by atoms with Crippen LogP contribution in [0.3, 0.4) is 0 Å². The Bertz CT molecular complexity index is 558. The first-order chi connectivity index (χ1) is 9.24. The van der Waals surface area contributed by atoms with Crippen molar-refractivity contribution in [2.24, 2.45) is 0 Å². The number of nitrogens with one attached hydrogen (secondary N) is 1. The molecule has 1 N–H and O–H groups in total. The maximum atomic E-state index is 13.5. The molecule has 3 nitrogen and oxygen atoms in total. The first-order valence-electron chi connectivity index (χ1n) is 6.23. The summed E-state index contributed by atoms with van der Waals surface area (Å²) in [4.78, 5) is 4.12. The van der Waals surface area contributed by atoms with E-state index in [0.717, 1.165) is 23.2 Å². The van der Waals surface area contributed by atoms with Crippen molar-refractivity contribution in [2.45, 2.75) is 13.5 Å². The largest absolute Gasteiger partial charge is 0.495 e. The molecule has 2 aromatic rings. The number of rotatable bonds is 5. The molecule has 0 saturated carbocycles. The summed E-state index contributed by atoms with van der Waals surface area (Å²) in [6.45, 7) is 3.60. The van der Waals surface area contributed by atoms with Gasteiger partial charge in [0.2, 0.25) is 0 Å². The predicted molar refractivity (Wildman–Crippen MR) is 73.6 cm³/mol. The second-order valence-corrected chi connectivity index (χ2v) is 4.20. The van der Waals surface area contributed by atoms with Gasteiger partial charge in [0, 0.05) is 18.3 Å². The Hall–Kier alpha value is -1.94. The van der Waals surface area contributed by atoms with E-state index in [2.05, 4.69) is 10.3 Å². The van der Waals surface area contributed by atoms with Crippen LogP contribution in [0.2, 0.25) is 0 Å². The fraction of sp³-hybridized carbons (Fsp3) is 0.267. The molecular weight excluding hydrogens is 243 g/mol. The topological polar surface area (TPSA) is 34.2 Å². The minimum absolute atomic E-state index is 0.252. The van der Waals surface area contributed by atoms with Crippen molar-refractivity contribution in [2.75, 3.05) is 13.7 Å². The normalized spacial score (nSPS) is 10.5. The summed E-state index contributed by atoms with van der Waals surface area (Å²) >= 11 is 0. The zero-order valence-electron chi connectivity index (χ0n) is 11.1. The molecule has 0 saturated heterocycles. The number of aromatic nitrogens is 1. The summed E-state index contributed by atoms with van der Waals surface area (Å²) in [5.74, 6) is 0.411. The van der Waals surface area contributed by atoms with E-state index >= 15 is 0 Å². The quantitative estimate of drug-likeness (QED) is 0.897. The van der Waals surface area contributed by atoms with Gasteiger partial charge in [0.25, 0.3) is 0 Å². The standard InChI is InChI=1S/C15H17FN2O/c1-3-17-8-11-4-5-13(16)7-15(11)12-6-14(19-2)10-18-9-12/h4-7,9-10,17H,3,8H2,1-2H3. The zero-order valence-corrected chi connectivity index (χ0v) is 11.1. The zero-order chi connectivity index (χ0) is 13.7. The SMILES string of the molecule is CCNCc1ccc(F)cc1-c1cncc(OC)c1. The van der Waals surface area contributed by atoms with Crippen LogP contribution in [-0.4, -0.2) is 18.6 Å². The molecule has 4 heteroatoms. The predicted octanol–water partition coefficient (Wildman–Crippen LogP) is 3.01. The van der Waals surface area contributed by atoms with E-state index in [9.17, 15) is 4.39 Å². The molecule has 2 rings (SSSR count). The molecular formula is C15H17FN2O. The van der Waals surface area contributed by atoms with Crippen LogP contribution in [0.15, 0.2) is 36.7 Å². The van der Waals surface area contributed by atoms with Gasteiger partial charge in [-0.15, -0.1) is 0 Å². The van der Waals surface area contributed by atoms with Gasteiger partial charge in [-0.25, -0.2) is 4.39 Å². The summed E-state index contributed by atoms with van der Waals surface area (Å²) < 4.78 is 18.6. The van der Waals surface area contributed by atoms with Crippen LogP contribution in [0.4, 0.5) is 4.39 Å². The molecule has 0 bridgehead atoms. The first kappa shape index (κ1) is 13.5. The number of ether oxygens (including phenoxy) is 1. The second kappa shape index (κ2) is 6.29. The van der Waals surface area contributed by atoms with Gasteiger partial charge in [0.1, 0.15) is 11.6 Å². The highest BCUT2D eigenvalue weighted by atomic mass is 19.1. The highest BCUT2D eigenvalue weighted by molar-refractivity contribution is 5.67. The average Bonchev–Trinajstić information content (AvgIpc) is 2.46. The van der Waals surface area contributed by atoms with Gasteiger partial charge in [-0.3, -0.25) is 4.98 Å². The second-order valence-electron chi connectivity index (χ2n) is 4.20. The van der Waals surface area contributed by atoms with Gasteiger partial charge in [0.15, 0.2) is 0 Å². The highest BCUT2D eigenvalue weighted by Gasteiger charge is 2.08. The summed E-state index contributed by atoms with van der Waals surface area (Å²) in [7, 11) is 1.59. The lowest BCUT2D eigenvalue weighted by atomic mass is 10.0. The molecule has 0 fully saturated rings. The molecule has 19 heavy (non-hydrogen) atoms. The molecule has 0 spiro atoms. The Kier molecular flexibility index (Phi) is 4.47. The molecule has 0 aliphatic heterocycles. The van der Waals surface area contributed by atoms with Crippen LogP contribution in [0.25, 0.3) is 11.1 Å². The third-order valence-electron chi connectivity index (χ3n) is 2.90. The Balaban J connectivity index is 2.43. The van der Waals surface area contributed by atoms with E-state index in [1.165, 1.54) is 12.1 Å². The number of nitrogens with zero attached hydrogens (tertiary/aromatic N) is 1. The molecule has 1 heterocycles. The summed E-state index contributed by atoms with van der Waals surface area (Å²) in [5, 5.41) is 3.25. The molecule has 0 atom stereocenters. The third-order valence-corrected chi connectivity index (χ3v) is 2.90. The lowest BCUT2D eigenvalue weighted by molar-refractivity contribution is 0.413. The van der Waals surface area contributed by atoms with Gasteiger partial charge in [-0.2, -0.15) is 0 Å². The lowest BCUT2D eigenvalue weighted by Crippen LogP contribution is -2.12. The van der Waals surface area contributed by atoms with E-state index < -0.39 is 0 Å². The average molecular weight is 260 g/mol. The first-order valence-corrected chi connectivity index (χ1v) is 6.23. The molecule has 1 aromatic carbocycles. The van der Waals surface area contributed by atoms with Crippen molar-refractivity contribution < 1.29 is 9.13 Å². The van der Waals surface area contributed by atoms with Crippen molar-refractivity contribution in [3.05, 3.63) is 48.0 Å². The van der Waals surface area contributed by atoms with E-state index in [-0.39, 0.29) is 5.82 Å². The Morgan fingerprint density at radius 2 is 2.11 bits per heavy atom. The fourth-order valence-electron chi connectivity index (χ4n) is 1.91. The van der Waals surface area contributed by atoms with Crippen molar-refractivity contribution in [1.82, 2.24) is 10.3 Å². The van der Waals surface area contributed by atoms with Crippen molar-refractivity contribution in [1.29, 1.82) is 0 Å². The van der Waals surface area contributed by atoms with Crippen molar-refractivity contribution >= 4 is 0 Å². The number of hydrogen-bond donors (Lipinski definition) is 1. The van der Waals surface area contributed by atoms with Crippen LogP contribution in [-0.2, 0) is 6.54 Å². The lowest BCUT2D eigenvalue weighted by Gasteiger charge is -2.11. The number of methoxy groups -OCH3 is 1. The van der Waals surface area contributed by atoms with Crippen LogP contribution in [0.5, 0.6) is 5.75 Å². The van der Waals surface area contributed by atoms with Gasteiger partial charge in [0.05, 0.1) is 13.3 Å². The van der Waals surface area contributed by atoms with Gasteiger partial charge in [-0.05, 0) is 35.9 Å². The van der Waals surface area contributed by atoms with Gasteiger partial charge >= 0.3 is 0 Å². The molecule has 0 radical (unpaired) electrons. The summed E-state index contributed by atoms with van der Waals surface area (Å²) in [6.07, 6.45) is 3.35. The van der Waals surface area contributed by atoms with Crippen LogP contribution in [0.1, 0.15) is 12.5 Å². The highest BCUT2D eigenvalue weighted by Crippen LogP contribution is 2.26. The molecule has 0 aliphatic carbocycles. The van der Waals surface area contributed by atoms with Crippen LogP contribution in [0, 0.1) is 5.82 Å². The Labute approximate surface area is 112 Å². The Morgan fingerprint density at radius 3 is 2.84 bits per heavy atom. The number of pyridine rings is 1. The number of benzene rings is 1. The van der Waals surface area contributed by atoms with Gasteiger partial charge < -0.3 is 10.1 Å². The molecule has 0 amide bonds. The van der Waals surface area contributed by atoms with E-state index in [1.54, 1.807) is 25.6 Å². The van der Waals surface area contributed by atoms with Crippen LogP contribution < -0.4 is 10.1 Å². The maximum Gasteiger partial charge on any atom is 0.137 e. The molecule has 1 aromatic heterocycles. The van der Waals surface area contributed by atoms with E-state index in [0.29, 0.717) is 12.3 Å². The third kappa shape index (κ3) is 3.29. The minimum Gasteiger partial charge on any atom is -0.495 e. The minimum atomic E-state index is -0.252. The van der Waals surface area contributed by atoms with E-state index in [4.69, 9.17) is 4.74 Å². The Morgan fingerprint density at radius 1 is 1.26 bits per heavy atom. The fourth-order valence-corrected chi connectivity index (χ4v) is 1.91. The van der Waals surface area contributed by atoms with Gasteiger partial charge in [-0.1, -0.05) is 13.0 Å². The monoisotopic (exact) mass is 260 g/mol. The smallest absolute Gasteiger partial charge is 0.137 e. The van der Waals surface area contributed by atoms with Crippen molar-refractivity contribution in [3.63, 3.8) is 0 Å². The molecule has 0 unspecified atom stereocenters. The number of halogens is 1. The maximum absolute atomic E-state index is 13.5. The summed E-state index contributed by atoms with van der Waals surface area (Å²) in [6, 6.07) is 6.66. The van der Waals surface area contributed by atoms with Crippen molar-refractivity contribution in [3.8, 4) is 16.9 Å². The van der Waals surface area contributed by atoms with Crippen LogP contribution >= 0.6 is 0 Å². The molecule has 100 valence electrons. The molecule has 0 aliphatic rings. The summed E-state index contributed by atoms with van der Waals surface area (Å²) in [5.41, 5.74) is 2.73.